The number of anilines is 1. The molecule has 4 rings (SSSR count). The van der Waals surface area contributed by atoms with Gasteiger partial charge in [-0.05, 0) is 43.9 Å². The minimum atomic E-state index is -3.71. The van der Waals surface area contributed by atoms with Crippen molar-refractivity contribution in [2.75, 3.05) is 25.0 Å². The molecule has 3 aliphatic rings. The monoisotopic (exact) mass is 495 g/mol. The van der Waals surface area contributed by atoms with Crippen LogP contribution in [-0.2, 0) is 24.4 Å². The van der Waals surface area contributed by atoms with Gasteiger partial charge in [0.05, 0.1) is 21.0 Å². The highest BCUT2D eigenvalue weighted by molar-refractivity contribution is 7.89. The van der Waals surface area contributed by atoms with Crippen molar-refractivity contribution in [1.82, 2.24) is 9.21 Å². The third-order valence-electron chi connectivity index (χ3n) is 7.02. The number of imide groups is 1. The smallest absolute Gasteiger partial charge is 0.244 e. The molecule has 0 unspecified atom stereocenters. The Morgan fingerprint density at radius 3 is 2.30 bits per heavy atom. The second kappa shape index (κ2) is 9.72. The van der Waals surface area contributed by atoms with Crippen molar-refractivity contribution in [3.8, 4) is 0 Å². The van der Waals surface area contributed by atoms with Gasteiger partial charge in [0.2, 0.25) is 27.7 Å². The maximum Gasteiger partial charge on any atom is 0.244 e. The van der Waals surface area contributed by atoms with Crippen LogP contribution < -0.4 is 5.32 Å². The van der Waals surface area contributed by atoms with E-state index in [0.29, 0.717) is 25.9 Å². The number of halogens is 1. The Morgan fingerprint density at radius 1 is 1.00 bits per heavy atom. The van der Waals surface area contributed by atoms with E-state index in [1.807, 2.05) is 0 Å². The number of hydrogen-bond acceptors (Lipinski definition) is 5. The van der Waals surface area contributed by atoms with Crippen molar-refractivity contribution >= 4 is 45.0 Å². The summed E-state index contributed by atoms with van der Waals surface area (Å²) in [5.41, 5.74) is -0.516. The summed E-state index contributed by atoms with van der Waals surface area (Å²) in [6.45, 7) is 0.528. The summed E-state index contributed by atoms with van der Waals surface area (Å²) in [4.78, 5) is 39.3. The van der Waals surface area contributed by atoms with Crippen LogP contribution in [0.15, 0.2) is 23.1 Å². The molecule has 3 fully saturated rings. The van der Waals surface area contributed by atoms with Gasteiger partial charge in [0.25, 0.3) is 0 Å². The molecule has 0 bridgehead atoms. The molecule has 2 heterocycles. The number of benzene rings is 1. The molecule has 180 valence electrons. The molecule has 1 aliphatic carbocycles. The number of rotatable bonds is 5. The Bertz CT molecular complexity index is 1040. The molecule has 8 nitrogen and oxygen atoms in total. The van der Waals surface area contributed by atoms with Gasteiger partial charge in [-0.2, -0.15) is 4.31 Å². The fraction of sp³-hybridized carbons (Fsp3) is 0.609. The van der Waals surface area contributed by atoms with Gasteiger partial charge < -0.3 is 5.32 Å². The normalized spacial score (nSPS) is 21.9. The Morgan fingerprint density at radius 2 is 1.64 bits per heavy atom. The fourth-order valence-electron chi connectivity index (χ4n) is 5.16. The van der Waals surface area contributed by atoms with Crippen LogP contribution in [0.1, 0.15) is 64.2 Å². The maximum atomic E-state index is 13.1. The first-order valence-electron chi connectivity index (χ1n) is 11.7. The predicted octanol–water partition coefficient (Wildman–Crippen LogP) is 3.55. The van der Waals surface area contributed by atoms with Gasteiger partial charge in [-0.15, -0.1) is 0 Å². The van der Waals surface area contributed by atoms with E-state index >= 15 is 0 Å². The topological polar surface area (TPSA) is 104 Å². The zero-order valence-electron chi connectivity index (χ0n) is 18.6. The van der Waals surface area contributed by atoms with Crippen molar-refractivity contribution in [2.24, 2.45) is 5.41 Å². The van der Waals surface area contributed by atoms with Gasteiger partial charge in [-0.3, -0.25) is 19.3 Å². The molecular formula is C23H30ClN3O5S. The molecule has 33 heavy (non-hydrogen) atoms. The van der Waals surface area contributed by atoms with Gasteiger partial charge >= 0.3 is 0 Å². The van der Waals surface area contributed by atoms with Crippen LogP contribution >= 0.6 is 11.6 Å². The first kappa shape index (κ1) is 24.2. The third-order valence-corrected chi connectivity index (χ3v) is 9.24. The molecule has 0 atom stereocenters. The summed E-state index contributed by atoms with van der Waals surface area (Å²) in [6.07, 6.45) is 8.02. The lowest BCUT2D eigenvalue weighted by molar-refractivity contribution is -0.144. The number of nitrogens with zero attached hydrogens (tertiary/aromatic N) is 2. The summed E-state index contributed by atoms with van der Waals surface area (Å²) in [5, 5.41) is 2.78. The van der Waals surface area contributed by atoms with Crippen LogP contribution in [0.25, 0.3) is 0 Å². The molecular weight excluding hydrogens is 466 g/mol. The molecule has 2 aliphatic heterocycles. The molecule has 3 amide bonds. The van der Waals surface area contributed by atoms with Crippen molar-refractivity contribution in [3.05, 3.63) is 23.2 Å². The maximum absolute atomic E-state index is 13.1. The van der Waals surface area contributed by atoms with Crippen LogP contribution in [0.3, 0.4) is 0 Å². The van der Waals surface area contributed by atoms with Gasteiger partial charge in [0, 0.05) is 19.5 Å². The third kappa shape index (κ3) is 4.95. The lowest BCUT2D eigenvalue weighted by Gasteiger charge is -2.30. The van der Waals surface area contributed by atoms with Gasteiger partial charge in [-0.1, -0.05) is 43.7 Å². The summed E-state index contributed by atoms with van der Waals surface area (Å²) in [6, 6.07) is 4.21. The molecule has 1 spiro atoms. The second-order valence-electron chi connectivity index (χ2n) is 9.31. The van der Waals surface area contributed by atoms with Crippen molar-refractivity contribution in [3.63, 3.8) is 0 Å². The van der Waals surface area contributed by atoms with E-state index in [-0.39, 0.29) is 33.8 Å². The SMILES string of the molecule is O=C(CN1C(=O)CC2(CCCCC2)C1=O)Nc1cc(S(=O)(=O)N2CCCCCC2)ccc1Cl. The van der Waals surface area contributed by atoms with Crippen LogP contribution in [0.5, 0.6) is 0 Å². The fourth-order valence-corrected chi connectivity index (χ4v) is 6.87. The zero-order valence-corrected chi connectivity index (χ0v) is 20.2. The Hall–Kier alpha value is -1.97. The van der Waals surface area contributed by atoms with Gasteiger partial charge in [0.15, 0.2) is 0 Å². The Balaban J connectivity index is 1.47. The number of carbonyl (C=O) groups is 3. The Kier molecular flexibility index (Phi) is 7.12. The first-order chi connectivity index (χ1) is 15.7. The van der Waals surface area contributed by atoms with E-state index in [4.69, 9.17) is 11.6 Å². The molecule has 10 heteroatoms. The first-order valence-corrected chi connectivity index (χ1v) is 13.5. The van der Waals surface area contributed by atoms with E-state index in [1.54, 1.807) is 0 Å². The average Bonchev–Trinajstić information content (AvgIpc) is 3.00. The summed E-state index contributed by atoms with van der Waals surface area (Å²) in [5.74, 6) is -1.19. The van der Waals surface area contributed by atoms with Crippen LogP contribution in [-0.4, -0.2) is 55.0 Å². The lowest BCUT2D eigenvalue weighted by Crippen LogP contribution is -2.41. The molecule has 1 aromatic rings. The summed E-state index contributed by atoms with van der Waals surface area (Å²) in [7, 11) is -3.71. The molecule has 2 saturated heterocycles. The number of carbonyl (C=O) groups excluding carboxylic acids is 3. The summed E-state index contributed by atoms with van der Waals surface area (Å²) >= 11 is 6.22. The number of likely N-dealkylation sites (tertiary alicyclic amines) is 1. The minimum Gasteiger partial charge on any atom is -0.323 e. The average molecular weight is 496 g/mol. The highest BCUT2D eigenvalue weighted by Gasteiger charge is 2.51. The standard InChI is InChI=1S/C23H30ClN3O5S/c24-18-9-8-17(33(31,32)26-12-6-1-2-7-13-26)14-19(18)25-20(28)16-27-21(29)15-23(22(27)30)10-4-3-5-11-23/h8-9,14H,1-7,10-13,15-16H2,(H,25,28). The van der Waals surface area contributed by atoms with Gasteiger partial charge in [0.1, 0.15) is 6.54 Å². The van der Waals surface area contributed by atoms with Crippen LogP contribution in [0.2, 0.25) is 5.02 Å². The number of sulfonamides is 1. The quantitative estimate of drug-likeness (QED) is 0.629. The molecule has 0 radical (unpaired) electrons. The Labute approximate surface area is 199 Å². The van der Waals surface area contributed by atoms with E-state index in [0.717, 1.165) is 49.8 Å². The molecule has 1 saturated carbocycles. The number of hydrogen-bond donors (Lipinski definition) is 1. The number of amides is 3. The second-order valence-corrected chi connectivity index (χ2v) is 11.7. The van der Waals surface area contributed by atoms with E-state index < -0.39 is 27.9 Å². The molecule has 0 aromatic heterocycles. The van der Waals surface area contributed by atoms with E-state index in [2.05, 4.69) is 5.32 Å². The van der Waals surface area contributed by atoms with Crippen LogP contribution in [0.4, 0.5) is 5.69 Å². The van der Waals surface area contributed by atoms with Crippen LogP contribution in [0, 0.1) is 5.41 Å². The van der Waals surface area contributed by atoms with Crippen molar-refractivity contribution in [2.45, 2.75) is 69.1 Å². The predicted molar refractivity (Wildman–Crippen MR) is 124 cm³/mol. The van der Waals surface area contributed by atoms with E-state index in [9.17, 15) is 22.8 Å². The highest BCUT2D eigenvalue weighted by atomic mass is 35.5. The van der Waals surface area contributed by atoms with Gasteiger partial charge in [-0.25, -0.2) is 8.42 Å². The van der Waals surface area contributed by atoms with Crippen molar-refractivity contribution in [1.29, 1.82) is 0 Å². The minimum absolute atomic E-state index is 0.0542. The number of nitrogens with one attached hydrogen (secondary N) is 1. The lowest BCUT2D eigenvalue weighted by atomic mass is 9.73. The van der Waals surface area contributed by atoms with Crippen molar-refractivity contribution < 1.29 is 22.8 Å². The zero-order chi connectivity index (χ0) is 23.6. The molecule has 1 aromatic carbocycles. The highest BCUT2D eigenvalue weighted by Crippen LogP contribution is 2.45. The van der Waals surface area contributed by atoms with E-state index in [1.165, 1.54) is 22.5 Å². The molecule has 1 N–H and O–H groups in total. The summed E-state index contributed by atoms with van der Waals surface area (Å²) < 4.78 is 27.7. The largest absolute Gasteiger partial charge is 0.323 e.